The number of halogens is 1. The molecule has 1 N–H and O–H groups in total. The van der Waals surface area contributed by atoms with Crippen LogP contribution in [0.1, 0.15) is 61.6 Å². The first-order valence-electron chi connectivity index (χ1n) is 11.8. The van der Waals surface area contributed by atoms with Crippen LogP contribution in [0.2, 0.25) is 5.02 Å². The number of nitrogens with zero attached hydrogens (tertiary/aromatic N) is 3. The molecule has 2 aromatic carbocycles. The second-order valence-corrected chi connectivity index (χ2v) is 9.90. The molecule has 1 saturated carbocycles. The van der Waals surface area contributed by atoms with E-state index >= 15 is 0 Å². The van der Waals surface area contributed by atoms with Gasteiger partial charge in [0.2, 0.25) is 5.91 Å². The molecular weight excluding hydrogens is 436 g/mol. The summed E-state index contributed by atoms with van der Waals surface area (Å²) >= 11 is 6.07. The number of imidazole rings is 1. The van der Waals surface area contributed by atoms with Gasteiger partial charge in [0.25, 0.3) is 5.91 Å². The van der Waals surface area contributed by atoms with Crippen molar-refractivity contribution < 1.29 is 9.59 Å². The van der Waals surface area contributed by atoms with Gasteiger partial charge in [0.05, 0.1) is 17.6 Å². The largest absolute Gasteiger partial charge is 0.351 e. The van der Waals surface area contributed by atoms with Crippen molar-refractivity contribution in [2.75, 3.05) is 0 Å². The molecule has 1 atom stereocenters. The Balaban J connectivity index is 1.53. The Morgan fingerprint density at radius 1 is 1.09 bits per heavy atom. The minimum Gasteiger partial charge on any atom is -0.351 e. The van der Waals surface area contributed by atoms with Gasteiger partial charge in [-0.05, 0) is 49.6 Å². The lowest BCUT2D eigenvalue weighted by atomic mass is 9.93. The number of aromatic nitrogens is 2. The summed E-state index contributed by atoms with van der Waals surface area (Å²) in [6.07, 6.45) is 6.68. The van der Waals surface area contributed by atoms with Crippen LogP contribution in [0.25, 0.3) is 11.0 Å². The summed E-state index contributed by atoms with van der Waals surface area (Å²) in [5.41, 5.74) is 1.52. The SMILES string of the molecule is CC1(C(=O)NC2CCCCCC2)Cn2c(nc3ccccc32)C(=O)N1Cc1ccc(Cl)cc1. The lowest BCUT2D eigenvalue weighted by Crippen LogP contribution is -2.64. The molecule has 6 nitrogen and oxygen atoms in total. The van der Waals surface area contributed by atoms with E-state index in [1.54, 1.807) is 4.90 Å². The number of hydrogen-bond acceptors (Lipinski definition) is 3. The molecule has 0 spiro atoms. The topological polar surface area (TPSA) is 67.2 Å². The normalized spacial score (nSPS) is 21.6. The van der Waals surface area contributed by atoms with Crippen LogP contribution < -0.4 is 5.32 Å². The van der Waals surface area contributed by atoms with Gasteiger partial charge in [-0.25, -0.2) is 4.98 Å². The molecule has 2 amide bonds. The van der Waals surface area contributed by atoms with Crippen LogP contribution in [-0.4, -0.2) is 37.8 Å². The maximum atomic E-state index is 13.8. The van der Waals surface area contributed by atoms with Gasteiger partial charge in [0, 0.05) is 17.6 Å². The molecule has 7 heteroatoms. The minimum atomic E-state index is -1.04. The van der Waals surface area contributed by atoms with Gasteiger partial charge >= 0.3 is 0 Å². The third kappa shape index (κ3) is 4.12. The maximum Gasteiger partial charge on any atom is 0.291 e. The van der Waals surface area contributed by atoms with Gasteiger partial charge in [0.1, 0.15) is 5.54 Å². The average molecular weight is 465 g/mol. The summed E-state index contributed by atoms with van der Waals surface area (Å²) in [4.78, 5) is 33.9. The van der Waals surface area contributed by atoms with E-state index < -0.39 is 5.54 Å². The monoisotopic (exact) mass is 464 g/mol. The number of benzene rings is 2. The van der Waals surface area contributed by atoms with Crippen LogP contribution >= 0.6 is 11.6 Å². The number of amides is 2. The molecule has 1 aliphatic heterocycles. The number of carbonyl (C=O) groups is 2. The van der Waals surface area contributed by atoms with E-state index in [1.807, 2.05) is 60.0 Å². The molecule has 172 valence electrons. The third-order valence-corrected chi connectivity index (χ3v) is 7.34. The van der Waals surface area contributed by atoms with Gasteiger partial charge in [-0.2, -0.15) is 0 Å². The molecule has 1 aliphatic carbocycles. The van der Waals surface area contributed by atoms with Gasteiger partial charge in [0.15, 0.2) is 5.82 Å². The van der Waals surface area contributed by atoms with Gasteiger partial charge in [-0.3, -0.25) is 9.59 Å². The zero-order valence-electron chi connectivity index (χ0n) is 18.9. The third-order valence-electron chi connectivity index (χ3n) is 7.09. The second kappa shape index (κ2) is 8.82. The first-order chi connectivity index (χ1) is 16.0. The number of para-hydroxylation sites is 2. The van der Waals surface area contributed by atoms with Crippen LogP contribution in [0.4, 0.5) is 0 Å². The number of nitrogens with one attached hydrogen (secondary N) is 1. The Kier molecular flexibility index (Phi) is 5.87. The van der Waals surface area contributed by atoms with Crippen LogP contribution in [0, 0.1) is 0 Å². The lowest BCUT2D eigenvalue weighted by Gasteiger charge is -2.44. The molecule has 1 unspecified atom stereocenters. The Bertz CT molecular complexity index is 1180. The molecule has 3 aromatic rings. The lowest BCUT2D eigenvalue weighted by molar-refractivity contribution is -0.134. The Morgan fingerprint density at radius 3 is 2.52 bits per heavy atom. The van der Waals surface area contributed by atoms with Crippen LogP contribution in [-0.2, 0) is 17.9 Å². The quantitative estimate of drug-likeness (QED) is 0.556. The van der Waals surface area contributed by atoms with Crippen molar-refractivity contribution >= 4 is 34.4 Å². The Labute approximate surface area is 198 Å². The fraction of sp³-hybridized carbons (Fsp3) is 0.423. The molecule has 33 heavy (non-hydrogen) atoms. The highest BCUT2D eigenvalue weighted by atomic mass is 35.5. The second-order valence-electron chi connectivity index (χ2n) is 9.46. The van der Waals surface area contributed by atoms with Gasteiger partial charge in [-0.1, -0.05) is 61.5 Å². The maximum absolute atomic E-state index is 13.8. The number of fused-ring (bicyclic) bond motifs is 3. The highest BCUT2D eigenvalue weighted by molar-refractivity contribution is 6.30. The fourth-order valence-corrected chi connectivity index (χ4v) is 5.24. The zero-order chi connectivity index (χ0) is 23.0. The smallest absolute Gasteiger partial charge is 0.291 e. The number of rotatable bonds is 4. The predicted molar refractivity (Wildman–Crippen MR) is 129 cm³/mol. The van der Waals surface area contributed by atoms with Crippen molar-refractivity contribution in [2.24, 2.45) is 0 Å². The van der Waals surface area contributed by atoms with Crippen molar-refractivity contribution in [1.29, 1.82) is 0 Å². The van der Waals surface area contributed by atoms with Gasteiger partial charge in [-0.15, -0.1) is 0 Å². The summed E-state index contributed by atoms with van der Waals surface area (Å²) < 4.78 is 1.91. The molecule has 1 fully saturated rings. The fourth-order valence-electron chi connectivity index (χ4n) is 5.11. The molecule has 0 saturated heterocycles. The molecule has 2 heterocycles. The van der Waals surface area contributed by atoms with E-state index in [9.17, 15) is 9.59 Å². The summed E-state index contributed by atoms with van der Waals surface area (Å²) in [5.74, 6) is 0.0518. The molecule has 2 aliphatic rings. The van der Waals surface area contributed by atoms with Crippen molar-refractivity contribution in [3.8, 4) is 0 Å². The molecule has 0 radical (unpaired) electrons. The van der Waals surface area contributed by atoms with E-state index in [1.165, 1.54) is 12.8 Å². The minimum absolute atomic E-state index is 0.0971. The molecular formula is C26H29ClN4O2. The summed E-state index contributed by atoms with van der Waals surface area (Å²) in [7, 11) is 0. The predicted octanol–water partition coefficient (Wildman–Crippen LogP) is 4.94. The highest BCUT2D eigenvalue weighted by Crippen LogP contribution is 2.32. The van der Waals surface area contributed by atoms with Crippen LogP contribution in [0.15, 0.2) is 48.5 Å². The molecule has 5 rings (SSSR count). The van der Waals surface area contributed by atoms with Crippen molar-refractivity contribution in [1.82, 2.24) is 19.8 Å². The van der Waals surface area contributed by atoms with E-state index in [0.29, 0.717) is 23.9 Å². The summed E-state index contributed by atoms with van der Waals surface area (Å²) in [6.45, 7) is 2.55. The zero-order valence-corrected chi connectivity index (χ0v) is 19.6. The van der Waals surface area contributed by atoms with E-state index in [-0.39, 0.29) is 17.9 Å². The van der Waals surface area contributed by atoms with E-state index in [2.05, 4.69) is 10.3 Å². The first kappa shape index (κ1) is 22.0. The molecule has 0 bridgehead atoms. The van der Waals surface area contributed by atoms with Crippen LogP contribution in [0.3, 0.4) is 0 Å². The van der Waals surface area contributed by atoms with Crippen LogP contribution in [0.5, 0.6) is 0 Å². The van der Waals surface area contributed by atoms with E-state index in [4.69, 9.17) is 11.6 Å². The van der Waals surface area contributed by atoms with Crippen molar-refractivity contribution in [2.45, 2.75) is 70.1 Å². The molecule has 1 aromatic heterocycles. The average Bonchev–Trinajstić information content (AvgIpc) is 2.98. The Morgan fingerprint density at radius 2 is 1.79 bits per heavy atom. The summed E-state index contributed by atoms with van der Waals surface area (Å²) in [5, 5.41) is 3.94. The highest BCUT2D eigenvalue weighted by Gasteiger charge is 2.48. The van der Waals surface area contributed by atoms with Crippen molar-refractivity contribution in [3.05, 3.63) is 64.9 Å². The van der Waals surface area contributed by atoms with E-state index in [0.717, 1.165) is 42.3 Å². The number of hydrogen-bond donors (Lipinski definition) is 1. The van der Waals surface area contributed by atoms with Gasteiger partial charge < -0.3 is 14.8 Å². The number of carbonyl (C=O) groups excluding carboxylic acids is 2. The first-order valence-corrected chi connectivity index (χ1v) is 12.2. The Hall–Kier alpha value is -2.86. The summed E-state index contributed by atoms with van der Waals surface area (Å²) in [6, 6.07) is 15.3. The van der Waals surface area contributed by atoms with Crippen molar-refractivity contribution in [3.63, 3.8) is 0 Å². The standard InChI is InChI=1S/C26H29ClN4O2/c1-26(25(33)28-20-8-4-2-3-5-9-20)17-30-22-11-7-6-10-21(22)29-23(30)24(32)31(26)16-18-12-14-19(27)15-13-18/h6-7,10-15,20H,2-5,8-9,16-17H2,1H3,(H,28,33).